The van der Waals surface area contributed by atoms with E-state index < -0.39 is 34.2 Å². The lowest BCUT2D eigenvalue weighted by atomic mass is 9.79. The van der Waals surface area contributed by atoms with Crippen LogP contribution in [0.25, 0.3) is 0 Å². The molecule has 3 heterocycles. The van der Waals surface area contributed by atoms with Crippen molar-refractivity contribution in [2.45, 2.75) is 69.6 Å². The predicted molar refractivity (Wildman–Crippen MR) is 136 cm³/mol. The normalized spacial score (nSPS) is 23.8. The van der Waals surface area contributed by atoms with Crippen LogP contribution < -0.4 is 10.2 Å². The lowest BCUT2D eigenvalue weighted by molar-refractivity contribution is 0.00578. The van der Waals surface area contributed by atoms with Gasteiger partial charge in [0.1, 0.15) is 4.90 Å². The Morgan fingerprint density at radius 3 is 2.47 bits per heavy atom. The summed E-state index contributed by atoms with van der Waals surface area (Å²) in [5, 5.41) is 6.40. The van der Waals surface area contributed by atoms with Gasteiger partial charge in [-0.2, -0.15) is 13.5 Å². The lowest BCUT2D eigenvalue weighted by Crippen LogP contribution is -2.41. The van der Waals surface area contributed by atoms with Crippen molar-refractivity contribution in [3.8, 4) is 5.75 Å². The van der Waals surface area contributed by atoms with Gasteiger partial charge in [-0.3, -0.25) is 0 Å². The largest absolute Gasteiger partial charge is 0.494 e. The van der Waals surface area contributed by atoms with Crippen molar-refractivity contribution in [3.05, 3.63) is 53.3 Å². The Kier molecular flexibility index (Phi) is 5.81. The number of benzene rings is 2. The minimum atomic E-state index is -3.94. The number of hydrazone groups is 1. The summed E-state index contributed by atoms with van der Waals surface area (Å²) in [5.41, 5.74) is 1.41. The number of hydrogen-bond acceptors (Lipinski definition) is 7. The van der Waals surface area contributed by atoms with Crippen LogP contribution in [0.2, 0.25) is 0 Å². The Hall–Kier alpha value is -2.76. The van der Waals surface area contributed by atoms with Gasteiger partial charge in [-0.05, 0) is 77.2 Å². The summed E-state index contributed by atoms with van der Waals surface area (Å²) >= 11 is 0. The molecule has 2 aromatic carbocycles. The Labute approximate surface area is 211 Å². The molecule has 1 unspecified atom stereocenters. The fourth-order valence-electron chi connectivity index (χ4n) is 4.48. The number of fused-ring (bicyclic) bond motifs is 1. The molecule has 3 aliphatic heterocycles. The number of hydrogen-bond donors (Lipinski definition) is 0. The summed E-state index contributed by atoms with van der Waals surface area (Å²) in [6.07, 6.45) is 1.37. The van der Waals surface area contributed by atoms with E-state index in [4.69, 9.17) is 19.1 Å². The summed E-state index contributed by atoms with van der Waals surface area (Å²) in [5.74, 6) is -0.0631. The van der Waals surface area contributed by atoms with Gasteiger partial charge in [0.15, 0.2) is 17.4 Å². The molecule has 2 aromatic rings. The first kappa shape index (κ1) is 24.9. The lowest BCUT2D eigenvalue weighted by Gasteiger charge is -2.32. The summed E-state index contributed by atoms with van der Waals surface area (Å²) in [6, 6.07) is 9.61. The second-order valence-electron chi connectivity index (χ2n) is 10.4. The van der Waals surface area contributed by atoms with Crippen molar-refractivity contribution in [2.24, 2.45) is 9.50 Å². The standard InChI is InChI=1S/C25H29BFN3O5S/c1-15-7-12-20(16-8-11-19(27)21(13-16)33-6)28-30(15)23-18-10-9-17(14-22(18)36(31,32)29-23)26-34-24(2,3)25(4,5)35-26/h8-11,13-15H,7,12H2,1-6H3. The number of methoxy groups -OCH3 is 1. The molecule has 0 bridgehead atoms. The van der Waals surface area contributed by atoms with E-state index >= 15 is 0 Å². The molecule has 8 nitrogen and oxygen atoms in total. The van der Waals surface area contributed by atoms with E-state index in [1.807, 2.05) is 34.6 Å². The van der Waals surface area contributed by atoms with Crippen LogP contribution in [0.15, 0.2) is 50.8 Å². The van der Waals surface area contributed by atoms with Gasteiger partial charge in [0, 0.05) is 11.1 Å². The van der Waals surface area contributed by atoms with E-state index in [9.17, 15) is 12.8 Å². The summed E-state index contributed by atoms with van der Waals surface area (Å²) in [7, 11) is -3.22. The smallest absolute Gasteiger partial charge is 0.494 e. The Morgan fingerprint density at radius 2 is 1.81 bits per heavy atom. The van der Waals surface area contributed by atoms with E-state index in [2.05, 4.69) is 4.40 Å². The van der Waals surface area contributed by atoms with Crippen molar-refractivity contribution in [3.63, 3.8) is 0 Å². The number of sulfonamides is 1. The highest BCUT2D eigenvalue weighted by molar-refractivity contribution is 7.90. The average molecular weight is 513 g/mol. The quantitative estimate of drug-likeness (QED) is 0.584. The Balaban J connectivity index is 1.51. The molecule has 36 heavy (non-hydrogen) atoms. The van der Waals surface area contributed by atoms with Gasteiger partial charge in [-0.25, -0.2) is 9.40 Å². The van der Waals surface area contributed by atoms with Gasteiger partial charge >= 0.3 is 7.12 Å². The monoisotopic (exact) mass is 513 g/mol. The van der Waals surface area contributed by atoms with Crippen LogP contribution in [0.4, 0.5) is 4.39 Å². The molecule has 0 aromatic heterocycles. The molecule has 11 heteroatoms. The maximum absolute atomic E-state index is 13.9. The molecule has 0 N–H and O–H groups in total. The number of ether oxygens (including phenoxy) is 1. The van der Waals surface area contributed by atoms with Crippen molar-refractivity contribution < 1.29 is 26.9 Å². The van der Waals surface area contributed by atoms with Gasteiger partial charge in [-0.15, -0.1) is 4.40 Å². The van der Waals surface area contributed by atoms with Gasteiger partial charge in [0.05, 0.1) is 30.1 Å². The zero-order valence-electron chi connectivity index (χ0n) is 21.2. The van der Waals surface area contributed by atoms with Crippen molar-refractivity contribution >= 4 is 34.2 Å². The van der Waals surface area contributed by atoms with Gasteiger partial charge < -0.3 is 14.0 Å². The Morgan fingerprint density at radius 1 is 1.11 bits per heavy atom. The van der Waals surface area contributed by atoms with Crippen molar-refractivity contribution in [1.29, 1.82) is 0 Å². The third-order valence-corrected chi connectivity index (χ3v) is 8.71. The van der Waals surface area contributed by atoms with Crippen LogP contribution in [0.5, 0.6) is 5.75 Å². The van der Waals surface area contributed by atoms with E-state index in [1.165, 1.54) is 13.2 Å². The van der Waals surface area contributed by atoms with Gasteiger partial charge in [0.25, 0.3) is 10.0 Å². The van der Waals surface area contributed by atoms with Crippen LogP contribution in [0, 0.1) is 5.82 Å². The van der Waals surface area contributed by atoms with Crippen LogP contribution in [-0.2, 0) is 19.3 Å². The third kappa shape index (κ3) is 4.03. The maximum Gasteiger partial charge on any atom is 0.494 e. The molecule has 5 rings (SSSR count). The summed E-state index contributed by atoms with van der Waals surface area (Å²) in [4.78, 5) is 0.0997. The zero-order chi connectivity index (χ0) is 26.0. The van der Waals surface area contributed by atoms with E-state index in [-0.39, 0.29) is 22.5 Å². The molecule has 0 amide bonds. The SMILES string of the molecule is COc1cc(C2=NN(C3=NS(=O)(=O)c4cc(B5OC(C)(C)C(C)(C)O5)ccc43)C(C)CC2)ccc1F. The van der Waals surface area contributed by atoms with Crippen LogP contribution in [0.1, 0.15) is 58.6 Å². The molecule has 3 aliphatic rings. The first-order chi connectivity index (χ1) is 16.8. The molecule has 0 saturated carbocycles. The van der Waals surface area contributed by atoms with Crippen LogP contribution >= 0.6 is 0 Å². The fourth-order valence-corrected chi connectivity index (χ4v) is 5.71. The van der Waals surface area contributed by atoms with Gasteiger partial charge in [0.2, 0.25) is 0 Å². The molecule has 1 saturated heterocycles. The molecule has 0 radical (unpaired) electrons. The second kappa shape index (κ2) is 8.39. The van der Waals surface area contributed by atoms with Crippen LogP contribution in [-0.4, -0.2) is 56.4 Å². The highest BCUT2D eigenvalue weighted by atomic mass is 32.2. The molecule has 1 fully saturated rings. The number of halogens is 1. The number of amidine groups is 1. The van der Waals surface area contributed by atoms with Gasteiger partial charge in [-0.1, -0.05) is 12.1 Å². The number of nitrogens with zero attached hydrogens (tertiary/aromatic N) is 3. The number of rotatable bonds is 3. The molecular weight excluding hydrogens is 484 g/mol. The maximum atomic E-state index is 13.9. The molecule has 0 spiro atoms. The zero-order valence-corrected chi connectivity index (χ0v) is 22.0. The molecule has 1 atom stereocenters. The van der Waals surface area contributed by atoms with E-state index in [0.717, 1.165) is 6.42 Å². The van der Waals surface area contributed by atoms with Crippen molar-refractivity contribution in [1.82, 2.24) is 5.01 Å². The summed E-state index contributed by atoms with van der Waals surface area (Å²) in [6.45, 7) is 9.76. The molecule has 0 aliphatic carbocycles. The summed E-state index contributed by atoms with van der Waals surface area (Å²) < 4.78 is 61.6. The predicted octanol–water partition coefficient (Wildman–Crippen LogP) is 3.47. The fraction of sp³-hybridized carbons (Fsp3) is 0.440. The molecular formula is C25H29BFN3O5S. The highest BCUT2D eigenvalue weighted by Gasteiger charge is 2.52. The van der Waals surface area contributed by atoms with Crippen molar-refractivity contribution in [2.75, 3.05) is 7.11 Å². The third-order valence-electron chi connectivity index (χ3n) is 7.40. The minimum absolute atomic E-state index is 0.0845. The highest BCUT2D eigenvalue weighted by Crippen LogP contribution is 2.37. The minimum Gasteiger partial charge on any atom is -0.494 e. The first-order valence-electron chi connectivity index (χ1n) is 11.9. The van der Waals surface area contributed by atoms with E-state index in [0.29, 0.717) is 28.7 Å². The topological polar surface area (TPSA) is 89.8 Å². The first-order valence-corrected chi connectivity index (χ1v) is 13.3. The van der Waals surface area contributed by atoms with Crippen LogP contribution in [0.3, 0.4) is 0 Å². The average Bonchev–Trinajstić information content (AvgIpc) is 3.21. The van der Waals surface area contributed by atoms with E-state index in [1.54, 1.807) is 35.3 Å². The second-order valence-corrected chi connectivity index (χ2v) is 11.9. The molecule has 190 valence electrons. The Bertz CT molecular complexity index is 1390.